The molecule has 2 unspecified atom stereocenters. The van der Waals surface area contributed by atoms with E-state index in [1.54, 1.807) is 0 Å². The van der Waals surface area contributed by atoms with E-state index in [1.807, 2.05) is 12.1 Å². The van der Waals surface area contributed by atoms with Gasteiger partial charge >= 0.3 is 0 Å². The number of benzene rings is 1. The maximum absolute atomic E-state index is 11.1. The predicted octanol–water partition coefficient (Wildman–Crippen LogP) is 0.983. The molecule has 0 amide bonds. The molecule has 0 fully saturated rings. The second-order valence-corrected chi connectivity index (χ2v) is 7.31. The monoisotopic (exact) mass is 268 g/mol. The highest BCUT2D eigenvalue weighted by Gasteiger charge is 2.31. The molecule has 100 valence electrons. The van der Waals surface area contributed by atoms with Gasteiger partial charge in [0.2, 0.25) is 0 Å². The van der Waals surface area contributed by atoms with Crippen LogP contribution in [0.3, 0.4) is 0 Å². The summed E-state index contributed by atoms with van der Waals surface area (Å²) >= 11 is 0. The summed E-state index contributed by atoms with van der Waals surface area (Å²) < 4.78 is 22.2. The molecule has 0 saturated heterocycles. The molecule has 1 aliphatic rings. The van der Waals surface area contributed by atoms with Crippen molar-refractivity contribution in [1.82, 2.24) is 5.43 Å². The third-order valence-electron chi connectivity index (χ3n) is 3.62. The molecule has 1 aliphatic carbocycles. The molecule has 18 heavy (non-hydrogen) atoms. The third-order valence-corrected chi connectivity index (χ3v) is 4.65. The van der Waals surface area contributed by atoms with Crippen LogP contribution in [0.5, 0.6) is 0 Å². The highest BCUT2D eigenvalue weighted by atomic mass is 32.2. The Balaban J connectivity index is 1.92. The number of sulfone groups is 1. The first kappa shape index (κ1) is 13.5. The molecule has 0 saturated carbocycles. The van der Waals surface area contributed by atoms with E-state index < -0.39 is 9.84 Å². The van der Waals surface area contributed by atoms with Gasteiger partial charge in [0.15, 0.2) is 0 Å². The lowest BCUT2D eigenvalue weighted by Crippen LogP contribution is -2.43. The number of nitrogens with two attached hydrogens (primary N) is 1. The molecule has 1 aromatic carbocycles. The summed E-state index contributed by atoms with van der Waals surface area (Å²) in [6, 6.07) is 8.51. The van der Waals surface area contributed by atoms with Gasteiger partial charge in [0.05, 0.1) is 0 Å². The molecule has 0 aromatic heterocycles. The molecule has 0 heterocycles. The highest BCUT2D eigenvalue weighted by Crippen LogP contribution is 2.38. The Labute approximate surface area is 108 Å². The van der Waals surface area contributed by atoms with E-state index in [0.29, 0.717) is 12.3 Å². The first-order valence-corrected chi connectivity index (χ1v) is 8.29. The summed E-state index contributed by atoms with van der Waals surface area (Å²) in [5.74, 6) is 6.25. The van der Waals surface area contributed by atoms with Crippen LogP contribution in [0, 0.1) is 0 Å². The summed E-state index contributed by atoms with van der Waals surface area (Å²) in [4.78, 5) is 0. The van der Waals surface area contributed by atoms with Gasteiger partial charge in [-0.05, 0) is 30.4 Å². The zero-order valence-corrected chi connectivity index (χ0v) is 11.4. The standard InChI is InChI=1S/C13H20N2O2S/c1-18(16,17)8-4-7-13(15-14)12-9-10-5-2-3-6-11(10)12/h2-3,5-6,12-13,15H,4,7-9,14H2,1H3. The quantitative estimate of drug-likeness (QED) is 0.596. The SMILES string of the molecule is CS(=O)(=O)CCCC(NN)C1Cc2ccccc21. The van der Waals surface area contributed by atoms with Crippen molar-refractivity contribution in [3.63, 3.8) is 0 Å². The van der Waals surface area contributed by atoms with Crippen molar-refractivity contribution in [3.05, 3.63) is 35.4 Å². The van der Waals surface area contributed by atoms with Gasteiger partial charge in [0.25, 0.3) is 0 Å². The lowest BCUT2D eigenvalue weighted by molar-refractivity contribution is 0.382. The summed E-state index contributed by atoms with van der Waals surface area (Å²) in [6.07, 6.45) is 3.76. The van der Waals surface area contributed by atoms with Gasteiger partial charge in [0.1, 0.15) is 9.84 Å². The molecule has 0 radical (unpaired) electrons. The van der Waals surface area contributed by atoms with Crippen molar-refractivity contribution in [3.8, 4) is 0 Å². The molecule has 0 bridgehead atoms. The fourth-order valence-electron chi connectivity index (χ4n) is 2.62. The van der Waals surface area contributed by atoms with E-state index in [9.17, 15) is 8.42 Å². The van der Waals surface area contributed by atoms with E-state index >= 15 is 0 Å². The Morgan fingerprint density at radius 1 is 1.44 bits per heavy atom. The number of hydrogen-bond donors (Lipinski definition) is 2. The average molecular weight is 268 g/mol. The number of rotatable bonds is 6. The van der Waals surface area contributed by atoms with Crippen LogP contribution in [0.15, 0.2) is 24.3 Å². The molecule has 4 nitrogen and oxygen atoms in total. The summed E-state index contributed by atoms with van der Waals surface area (Å²) in [6.45, 7) is 0. The molecule has 1 aromatic rings. The molecule has 3 N–H and O–H groups in total. The molecule has 2 rings (SSSR count). The zero-order valence-electron chi connectivity index (χ0n) is 10.6. The van der Waals surface area contributed by atoms with Crippen LogP contribution in [0.1, 0.15) is 29.9 Å². The van der Waals surface area contributed by atoms with Crippen LogP contribution >= 0.6 is 0 Å². The van der Waals surface area contributed by atoms with Crippen LogP contribution in [0.4, 0.5) is 0 Å². The van der Waals surface area contributed by atoms with Crippen molar-refractivity contribution in [1.29, 1.82) is 0 Å². The maximum atomic E-state index is 11.1. The van der Waals surface area contributed by atoms with Crippen LogP contribution in [-0.2, 0) is 16.3 Å². The van der Waals surface area contributed by atoms with E-state index in [-0.39, 0.29) is 11.8 Å². The zero-order chi connectivity index (χ0) is 13.2. The largest absolute Gasteiger partial charge is 0.271 e. The lowest BCUT2D eigenvalue weighted by Gasteiger charge is -2.36. The molecule has 0 spiro atoms. The predicted molar refractivity (Wildman–Crippen MR) is 72.9 cm³/mol. The fraction of sp³-hybridized carbons (Fsp3) is 0.538. The number of hydrazine groups is 1. The fourth-order valence-corrected chi connectivity index (χ4v) is 3.31. The van der Waals surface area contributed by atoms with Crippen molar-refractivity contribution >= 4 is 9.84 Å². The molecule has 0 aliphatic heterocycles. The molecule has 5 heteroatoms. The number of hydrogen-bond acceptors (Lipinski definition) is 4. The van der Waals surface area contributed by atoms with Crippen LogP contribution in [-0.4, -0.2) is 26.5 Å². The first-order valence-electron chi connectivity index (χ1n) is 6.23. The topological polar surface area (TPSA) is 72.2 Å². The summed E-state index contributed by atoms with van der Waals surface area (Å²) in [7, 11) is -2.87. The Kier molecular flexibility index (Phi) is 4.04. The Bertz CT molecular complexity index is 513. The maximum Gasteiger partial charge on any atom is 0.147 e. The minimum atomic E-state index is -2.87. The third kappa shape index (κ3) is 3.10. The second-order valence-electron chi connectivity index (χ2n) is 5.05. The minimum Gasteiger partial charge on any atom is -0.271 e. The van der Waals surface area contributed by atoms with E-state index in [1.165, 1.54) is 17.4 Å². The highest BCUT2D eigenvalue weighted by molar-refractivity contribution is 7.90. The molecule has 2 atom stereocenters. The van der Waals surface area contributed by atoms with Gasteiger partial charge in [0, 0.05) is 24.0 Å². The number of fused-ring (bicyclic) bond motifs is 1. The van der Waals surface area contributed by atoms with Gasteiger partial charge in [-0.15, -0.1) is 0 Å². The second kappa shape index (κ2) is 5.38. The van der Waals surface area contributed by atoms with Crippen molar-refractivity contribution < 1.29 is 8.42 Å². The Morgan fingerprint density at radius 3 is 2.78 bits per heavy atom. The van der Waals surface area contributed by atoms with Crippen LogP contribution in [0.25, 0.3) is 0 Å². The van der Waals surface area contributed by atoms with Gasteiger partial charge in [-0.25, -0.2) is 8.42 Å². The smallest absolute Gasteiger partial charge is 0.147 e. The number of nitrogens with one attached hydrogen (secondary N) is 1. The van der Waals surface area contributed by atoms with Gasteiger partial charge in [-0.3, -0.25) is 11.3 Å². The first-order chi connectivity index (χ1) is 8.51. The van der Waals surface area contributed by atoms with Crippen LogP contribution in [0.2, 0.25) is 0 Å². The average Bonchev–Trinajstić information content (AvgIpc) is 2.27. The van der Waals surface area contributed by atoms with Gasteiger partial charge < -0.3 is 0 Å². The minimum absolute atomic E-state index is 0.168. The van der Waals surface area contributed by atoms with Gasteiger partial charge in [-0.2, -0.15) is 0 Å². The van der Waals surface area contributed by atoms with Gasteiger partial charge in [-0.1, -0.05) is 24.3 Å². The van der Waals surface area contributed by atoms with Crippen LogP contribution < -0.4 is 11.3 Å². The lowest BCUT2D eigenvalue weighted by atomic mass is 9.72. The van der Waals surface area contributed by atoms with Crippen molar-refractivity contribution in [2.24, 2.45) is 5.84 Å². The van der Waals surface area contributed by atoms with Crippen molar-refractivity contribution in [2.45, 2.75) is 31.2 Å². The van der Waals surface area contributed by atoms with Crippen molar-refractivity contribution in [2.75, 3.05) is 12.0 Å². The summed E-state index contributed by atoms with van der Waals surface area (Å²) in [5, 5.41) is 0. The summed E-state index contributed by atoms with van der Waals surface area (Å²) in [5.41, 5.74) is 5.56. The normalized spacial score (nSPS) is 20.0. The Hall–Kier alpha value is -0.910. The molecular formula is C13H20N2O2S. The Morgan fingerprint density at radius 2 is 2.17 bits per heavy atom. The van der Waals surface area contributed by atoms with E-state index in [4.69, 9.17) is 5.84 Å². The molecular weight excluding hydrogens is 248 g/mol. The van der Waals surface area contributed by atoms with E-state index in [2.05, 4.69) is 17.6 Å². The van der Waals surface area contributed by atoms with E-state index in [0.717, 1.165) is 12.8 Å².